The number of rotatable bonds is 7. The summed E-state index contributed by atoms with van der Waals surface area (Å²) in [7, 11) is -4.15. The van der Waals surface area contributed by atoms with E-state index in [1.807, 2.05) is 0 Å². The van der Waals surface area contributed by atoms with E-state index in [-0.39, 0.29) is 70.3 Å². The van der Waals surface area contributed by atoms with Crippen LogP contribution in [0.5, 0.6) is 0 Å². The van der Waals surface area contributed by atoms with Crippen LogP contribution in [0.1, 0.15) is 25.0 Å². The van der Waals surface area contributed by atoms with E-state index in [2.05, 4.69) is 9.97 Å². The second kappa shape index (κ2) is 11.0. The number of carbonyl (C=O) groups excluding carboxylic acids is 1. The van der Waals surface area contributed by atoms with Gasteiger partial charge in [0, 0.05) is 58.7 Å². The lowest BCUT2D eigenvalue weighted by atomic mass is 9.98. The highest BCUT2D eigenvalue weighted by Gasteiger charge is 2.57. The monoisotopic (exact) mass is 553 g/mol. The summed E-state index contributed by atoms with van der Waals surface area (Å²) in [4.78, 5) is 21.9. The molecule has 17 heteroatoms. The van der Waals surface area contributed by atoms with Crippen molar-refractivity contribution < 1.29 is 45.1 Å². The van der Waals surface area contributed by atoms with E-state index in [0.717, 1.165) is 10.5 Å². The van der Waals surface area contributed by atoms with Crippen molar-refractivity contribution >= 4 is 34.2 Å². The Labute approximate surface area is 204 Å². The Hall–Kier alpha value is -1.88. The number of ether oxygens (including phenoxy) is 1. The third-order valence-electron chi connectivity index (χ3n) is 6.01. The van der Waals surface area contributed by atoms with Gasteiger partial charge in [-0.1, -0.05) is 0 Å². The number of sulfonamides is 1. The number of halogens is 6. The third kappa shape index (κ3) is 5.93. The van der Waals surface area contributed by atoms with E-state index < -0.39 is 45.6 Å². The summed E-state index contributed by atoms with van der Waals surface area (Å²) < 4.78 is 94.1. The SMILES string of the molecule is Cl.O=C(NO)C1(S(=O)(=O)N2CCN(c3cnc(CCC(F)(F)C(F)(F)F)cn3)CC2)CCOCC1. The zero-order valence-corrected chi connectivity index (χ0v) is 19.9. The Morgan fingerprint density at radius 2 is 1.69 bits per heavy atom. The van der Waals surface area contributed by atoms with Crippen molar-refractivity contribution in [3.8, 4) is 0 Å². The van der Waals surface area contributed by atoms with Gasteiger partial charge in [-0.15, -0.1) is 12.4 Å². The fraction of sp³-hybridized carbons (Fsp3) is 0.722. The molecule has 2 fully saturated rings. The van der Waals surface area contributed by atoms with Crippen molar-refractivity contribution in [3.05, 3.63) is 18.1 Å². The van der Waals surface area contributed by atoms with Crippen LogP contribution in [-0.2, 0) is 26.0 Å². The molecule has 0 aromatic carbocycles. The molecule has 1 aromatic rings. The lowest BCUT2D eigenvalue weighted by Gasteiger charge is -2.41. The number of nitrogens with one attached hydrogen (secondary N) is 1. The first kappa shape index (κ1) is 29.4. The van der Waals surface area contributed by atoms with Crippen molar-refractivity contribution in [2.24, 2.45) is 0 Å². The maximum Gasteiger partial charge on any atom is 0.453 e. The highest BCUT2D eigenvalue weighted by atomic mass is 35.5. The van der Waals surface area contributed by atoms with Crippen LogP contribution >= 0.6 is 12.4 Å². The average Bonchev–Trinajstić information content (AvgIpc) is 2.82. The number of piperazine rings is 1. The molecule has 2 saturated heterocycles. The number of carbonyl (C=O) groups is 1. The summed E-state index contributed by atoms with van der Waals surface area (Å²) in [5, 5.41) is 9.11. The Balaban J connectivity index is 0.00000432. The number of aryl methyl sites for hydroxylation is 1. The number of hydroxylamine groups is 1. The van der Waals surface area contributed by atoms with E-state index >= 15 is 0 Å². The topological polar surface area (TPSA) is 125 Å². The molecule has 10 nitrogen and oxygen atoms in total. The standard InChI is InChI=1S/C18H24F5N5O5S.ClH/c19-17(20,18(21,22)23)2-1-13-11-25-14(12-24-13)27-5-7-28(8-6-27)34(31,32)16(15(29)26-30)3-9-33-10-4-16;/h11-12,30H,1-10H2,(H,26,29);1H. The fourth-order valence-corrected chi connectivity index (χ4v) is 5.98. The zero-order chi connectivity index (χ0) is 25.2. The minimum Gasteiger partial charge on any atom is -0.381 e. The number of hydrogen-bond acceptors (Lipinski definition) is 8. The molecule has 1 amide bonds. The molecule has 0 aliphatic carbocycles. The van der Waals surface area contributed by atoms with Gasteiger partial charge in [0.05, 0.1) is 18.1 Å². The molecule has 35 heavy (non-hydrogen) atoms. The number of nitrogens with zero attached hydrogens (tertiary/aromatic N) is 4. The molecule has 0 radical (unpaired) electrons. The van der Waals surface area contributed by atoms with Gasteiger partial charge < -0.3 is 9.64 Å². The zero-order valence-electron chi connectivity index (χ0n) is 18.3. The molecule has 0 saturated carbocycles. The van der Waals surface area contributed by atoms with Crippen molar-refractivity contribution in [3.63, 3.8) is 0 Å². The van der Waals surface area contributed by atoms with Crippen LogP contribution in [0.4, 0.5) is 27.8 Å². The van der Waals surface area contributed by atoms with Crippen molar-refractivity contribution in [2.45, 2.75) is 42.5 Å². The molecule has 2 aliphatic heterocycles. The van der Waals surface area contributed by atoms with Gasteiger partial charge in [0.2, 0.25) is 10.0 Å². The average molecular weight is 554 g/mol. The molecule has 1 aromatic heterocycles. The molecule has 0 bridgehead atoms. The number of hydrogen-bond donors (Lipinski definition) is 2. The Kier molecular flexibility index (Phi) is 9.24. The summed E-state index contributed by atoms with van der Waals surface area (Å²) in [6.07, 6.45) is -5.59. The van der Waals surface area contributed by atoms with Gasteiger partial charge >= 0.3 is 12.1 Å². The van der Waals surface area contributed by atoms with Gasteiger partial charge in [-0.05, 0) is 6.42 Å². The summed E-state index contributed by atoms with van der Waals surface area (Å²) >= 11 is 0. The van der Waals surface area contributed by atoms with Gasteiger partial charge in [0.1, 0.15) is 5.82 Å². The summed E-state index contributed by atoms with van der Waals surface area (Å²) in [5.41, 5.74) is 1.41. The molecule has 3 heterocycles. The molecule has 200 valence electrons. The maximum absolute atomic E-state index is 13.3. The lowest BCUT2D eigenvalue weighted by Crippen LogP contribution is -2.62. The van der Waals surface area contributed by atoms with Crippen molar-refractivity contribution in [1.82, 2.24) is 19.8 Å². The Morgan fingerprint density at radius 3 is 2.17 bits per heavy atom. The van der Waals surface area contributed by atoms with Crippen molar-refractivity contribution in [2.75, 3.05) is 44.3 Å². The minimum atomic E-state index is -5.64. The van der Waals surface area contributed by atoms with Gasteiger partial charge in [-0.3, -0.25) is 15.0 Å². The van der Waals surface area contributed by atoms with Gasteiger partial charge in [0.15, 0.2) is 4.75 Å². The van der Waals surface area contributed by atoms with Crippen LogP contribution < -0.4 is 10.4 Å². The summed E-state index contributed by atoms with van der Waals surface area (Å²) in [5.74, 6) is -5.54. The number of amides is 1. The second-order valence-electron chi connectivity index (χ2n) is 8.01. The van der Waals surface area contributed by atoms with Crippen LogP contribution in [0.25, 0.3) is 0 Å². The van der Waals surface area contributed by atoms with Crippen LogP contribution in [0.15, 0.2) is 12.4 Å². The largest absolute Gasteiger partial charge is 0.453 e. The first-order chi connectivity index (χ1) is 15.8. The van der Waals surface area contributed by atoms with Crippen LogP contribution in [-0.4, -0.2) is 90.0 Å². The highest BCUT2D eigenvalue weighted by Crippen LogP contribution is 2.38. The molecule has 0 spiro atoms. The normalized spacial score (nSPS) is 19.7. The van der Waals surface area contributed by atoms with Crippen molar-refractivity contribution in [1.29, 1.82) is 0 Å². The summed E-state index contributed by atoms with van der Waals surface area (Å²) in [6, 6.07) is 0. The van der Waals surface area contributed by atoms with E-state index in [9.17, 15) is 35.2 Å². The van der Waals surface area contributed by atoms with Crippen LogP contribution in [0.3, 0.4) is 0 Å². The van der Waals surface area contributed by atoms with E-state index in [4.69, 9.17) is 9.94 Å². The first-order valence-electron chi connectivity index (χ1n) is 10.4. The van der Waals surface area contributed by atoms with E-state index in [1.54, 1.807) is 4.90 Å². The molecule has 0 unspecified atom stereocenters. The summed E-state index contributed by atoms with van der Waals surface area (Å²) in [6.45, 7) is 0.447. The maximum atomic E-state index is 13.3. The molecule has 2 aliphatic rings. The first-order valence-corrected chi connectivity index (χ1v) is 11.8. The quantitative estimate of drug-likeness (QED) is 0.296. The highest BCUT2D eigenvalue weighted by molar-refractivity contribution is 7.91. The molecular weight excluding hydrogens is 529 g/mol. The second-order valence-corrected chi connectivity index (χ2v) is 10.3. The van der Waals surface area contributed by atoms with Gasteiger partial charge in [-0.25, -0.2) is 18.9 Å². The van der Waals surface area contributed by atoms with Crippen LogP contribution in [0.2, 0.25) is 0 Å². The Bertz CT molecular complexity index is 969. The Morgan fingerprint density at radius 1 is 1.09 bits per heavy atom. The van der Waals surface area contributed by atoms with E-state index in [1.165, 1.54) is 11.7 Å². The fourth-order valence-electron chi connectivity index (χ4n) is 3.88. The molecule has 2 N–H and O–H groups in total. The number of aromatic nitrogens is 2. The molecular formula is C18H25ClF5N5O5S. The van der Waals surface area contributed by atoms with Gasteiger partial charge in [0.25, 0.3) is 5.91 Å². The predicted octanol–water partition coefficient (Wildman–Crippen LogP) is 1.54. The van der Waals surface area contributed by atoms with E-state index in [0.29, 0.717) is 5.82 Å². The third-order valence-corrected chi connectivity index (χ3v) is 8.64. The molecule has 0 atom stereocenters. The minimum absolute atomic E-state index is 0. The van der Waals surface area contributed by atoms with Crippen LogP contribution in [0, 0.1) is 0 Å². The molecule has 3 rings (SSSR count). The smallest absolute Gasteiger partial charge is 0.381 e. The number of anilines is 1. The lowest BCUT2D eigenvalue weighted by molar-refractivity contribution is -0.284. The number of alkyl halides is 5. The van der Waals surface area contributed by atoms with Gasteiger partial charge in [-0.2, -0.15) is 26.3 Å². The predicted molar refractivity (Wildman–Crippen MR) is 114 cm³/mol.